The van der Waals surface area contributed by atoms with Crippen molar-refractivity contribution < 1.29 is 27.8 Å². The lowest BCUT2D eigenvalue weighted by Gasteiger charge is -2.32. The Kier molecular flexibility index (Phi) is 7.67. The second-order valence-electron chi connectivity index (χ2n) is 6.98. The van der Waals surface area contributed by atoms with Crippen LogP contribution >= 0.6 is 0 Å². The average Bonchev–Trinajstić information content (AvgIpc) is 2.73. The van der Waals surface area contributed by atoms with Crippen molar-refractivity contribution in [3.05, 3.63) is 60.2 Å². The summed E-state index contributed by atoms with van der Waals surface area (Å²) in [5.74, 6) is 0.870. The fraction of sp³-hybridized carbons (Fsp3) is 0.409. The van der Waals surface area contributed by atoms with Crippen LogP contribution in [0.25, 0.3) is 0 Å². The van der Waals surface area contributed by atoms with Crippen LogP contribution in [0, 0.1) is 5.92 Å². The van der Waals surface area contributed by atoms with Gasteiger partial charge in [0.25, 0.3) is 0 Å². The van der Waals surface area contributed by atoms with Crippen LogP contribution in [0.15, 0.2) is 54.6 Å². The van der Waals surface area contributed by atoms with Gasteiger partial charge < -0.3 is 19.1 Å². The minimum absolute atomic E-state index is 0.0718. The van der Waals surface area contributed by atoms with Crippen molar-refractivity contribution in [2.45, 2.75) is 32.5 Å². The van der Waals surface area contributed by atoms with Crippen LogP contribution in [0.1, 0.15) is 24.8 Å². The summed E-state index contributed by atoms with van der Waals surface area (Å²) in [6.07, 6.45) is 2.40. The summed E-state index contributed by atoms with van der Waals surface area (Å²) in [4.78, 5) is 14.1. The standard InChI is InChI=1S/C22H25F2NO4/c23-21(24)29-20-10-4-9-19(14-20)27-13-11-17-8-5-12-25(15-17)22(26)28-16-18-6-2-1-3-7-18/h1-4,6-7,9-10,14,17,21H,5,8,11-13,15-16H2/t17-/m1/s1. The van der Waals surface area contributed by atoms with Gasteiger partial charge in [-0.1, -0.05) is 36.4 Å². The predicted molar refractivity (Wildman–Crippen MR) is 104 cm³/mol. The zero-order valence-electron chi connectivity index (χ0n) is 16.1. The molecule has 0 bridgehead atoms. The first-order valence-corrected chi connectivity index (χ1v) is 9.73. The molecule has 1 aliphatic heterocycles. The van der Waals surface area contributed by atoms with Crippen molar-refractivity contribution in [3.8, 4) is 11.5 Å². The van der Waals surface area contributed by atoms with Gasteiger partial charge in [-0.3, -0.25) is 0 Å². The van der Waals surface area contributed by atoms with E-state index in [0.29, 0.717) is 31.4 Å². The van der Waals surface area contributed by atoms with Gasteiger partial charge in [-0.15, -0.1) is 0 Å². The molecule has 5 nitrogen and oxygen atoms in total. The third kappa shape index (κ3) is 6.93. The van der Waals surface area contributed by atoms with E-state index in [4.69, 9.17) is 9.47 Å². The summed E-state index contributed by atoms with van der Waals surface area (Å²) in [6.45, 7) is -0.833. The predicted octanol–water partition coefficient (Wildman–Crippen LogP) is 5.11. The van der Waals surface area contributed by atoms with Gasteiger partial charge in [0.15, 0.2) is 0 Å². The molecule has 0 aliphatic carbocycles. The molecule has 1 heterocycles. The van der Waals surface area contributed by atoms with Gasteiger partial charge in [0.1, 0.15) is 18.1 Å². The number of hydrogen-bond donors (Lipinski definition) is 0. The molecule has 0 unspecified atom stereocenters. The molecule has 0 saturated carbocycles. The molecule has 1 atom stereocenters. The van der Waals surface area contributed by atoms with Crippen LogP contribution in [-0.4, -0.2) is 37.3 Å². The topological polar surface area (TPSA) is 48.0 Å². The number of alkyl halides is 2. The highest BCUT2D eigenvalue weighted by molar-refractivity contribution is 5.67. The van der Waals surface area contributed by atoms with Crippen LogP contribution in [0.4, 0.5) is 13.6 Å². The van der Waals surface area contributed by atoms with Crippen LogP contribution in [0.5, 0.6) is 11.5 Å². The maximum atomic E-state index is 12.3. The highest BCUT2D eigenvalue weighted by atomic mass is 19.3. The number of carbonyl (C=O) groups is 1. The molecule has 156 valence electrons. The summed E-state index contributed by atoms with van der Waals surface area (Å²) in [7, 11) is 0. The highest BCUT2D eigenvalue weighted by Gasteiger charge is 2.24. The first kappa shape index (κ1) is 20.9. The van der Waals surface area contributed by atoms with Gasteiger partial charge in [0.2, 0.25) is 0 Å². The number of nitrogens with zero attached hydrogens (tertiary/aromatic N) is 1. The Morgan fingerprint density at radius 1 is 1.10 bits per heavy atom. The van der Waals surface area contributed by atoms with Crippen molar-refractivity contribution in [2.75, 3.05) is 19.7 Å². The average molecular weight is 405 g/mol. The molecule has 2 aromatic rings. The molecule has 1 fully saturated rings. The van der Waals surface area contributed by atoms with Gasteiger partial charge in [-0.2, -0.15) is 8.78 Å². The number of rotatable bonds is 8. The Balaban J connectivity index is 1.41. The third-order valence-corrected chi connectivity index (χ3v) is 4.81. The second kappa shape index (κ2) is 10.6. The normalized spacial score (nSPS) is 16.5. The van der Waals surface area contributed by atoms with Gasteiger partial charge in [0.05, 0.1) is 6.61 Å². The van der Waals surface area contributed by atoms with Crippen LogP contribution in [0.3, 0.4) is 0 Å². The summed E-state index contributed by atoms with van der Waals surface area (Å²) < 4.78 is 40.1. The van der Waals surface area contributed by atoms with E-state index >= 15 is 0 Å². The number of piperidine rings is 1. The van der Waals surface area contributed by atoms with Crippen LogP contribution in [0.2, 0.25) is 0 Å². The zero-order chi connectivity index (χ0) is 20.5. The molecule has 2 aromatic carbocycles. The Morgan fingerprint density at radius 2 is 1.90 bits per heavy atom. The van der Waals surface area contributed by atoms with Gasteiger partial charge >= 0.3 is 12.7 Å². The first-order valence-electron chi connectivity index (χ1n) is 9.73. The monoisotopic (exact) mass is 405 g/mol. The maximum absolute atomic E-state index is 12.3. The van der Waals surface area contributed by atoms with Crippen molar-refractivity contribution in [1.82, 2.24) is 4.90 Å². The lowest BCUT2D eigenvalue weighted by atomic mass is 9.95. The van der Waals surface area contributed by atoms with Crippen LogP contribution < -0.4 is 9.47 Å². The van der Waals surface area contributed by atoms with Gasteiger partial charge in [0, 0.05) is 19.2 Å². The van der Waals surface area contributed by atoms with E-state index in [1.54, 1.807) is 17.0 Å². The van der Waals surface area contributed by atoms with E-state index in [1.165, 1.54) is 12.1 Å². The van der Waals surface area contributed by atoms with E-state index < -0.39 is 6.61 Å². The number of benzene rings is 2. The molecule has 0 spiro atoms. The smallest absolute Gasteiger partial charge is 0.410 e. The number of hydrogen-bond acceptors (Lipinski definition) is 4. The van der Waals surface area contributed by atoms with Crippen molar-refractivity contribution in [3.63, 3.8) is 0 Å². The fourth-order valence-corrected chi connectivity index (χ4v) is 3.36. The zero-order valence-corrected chi connectivity index (χ0v) is 16.1. The maximum Gasteiger partial charge on any atom is 0.410 e. The summed E-state index contributed by atoms with van der Waals surface area (Å²) >= 11 is 0. The molecule has 1 aliphatic rings. The van der Waals surface area contributed by atoms with Crippen molar-refractivity contribution in [2.24, 2.45) is 5.92 Å². The minimum Gasteiger partial charge on any atom is -0.493 e. The van der Waals surface area contributed by atoms with Crippen molar-refractivity contribution >= 4 is 6.09 Å². The van der Waals surface area contributed by atoms with E-state index in [0.717, 1.165) is 24.8 Å². The van der Waals surface area contributed by atoms with Gasteiger partial charge in [-0.25, -0.2) is 4.79 Å². The fourth-order valence-electron chi connectivity index (χ4n) is 3.36. The second-order valence-corrected chi connectivity index (χ2v) is 6.98. The SMILES string of the molecule is O=C(OCc1ccccc1)N1CCC[C@H](CCOc2cccc(OC(F)F)c2)C1. The lowest BCUT2D eigenvalue weighted by molar-refractivity contribution is -0.0499. The molecule has 0 radical (unpaired) electrons. The Bertz CT molecular complexity index is 772. The summed E-state index contributed by atoms with van der Waals surface area (Å²) in [6, 6.07) is 15.8. The number of carbonyl (C=O) groups excluding carboxylic acids is 1. The number of likely N-dealkylation sites (tertiary alicyclic amines) is 1. The minimum atomic E-state index is -2.86. The van der Waals surface area contributed by atoms with E-state index in [2.05, 4.69) is 4.74 Å². The molecular formula is C22H25F2NO4. The Morgan fingerprint density at radius 3 is 2.69 bits per heavy atom. The molecular weight excluding hydrogens is 380 g/mol. The number of halogens is 2. The largest absolute Gasteiger partial charge is 0.493 e. The quantitative estimate of drug-likeness (QED) is 0.613. The molecule has 0 aromatic heterocycles. The highest BCUT2D eigenvalue weighted by Crippen LogP contribution is 2.24. The molecule has 7 heteroatoms. The number of amides is 1. The van der Waals surface area contributed by atoms with E-state index in [1.807, 2.05) is 30.3 Å². The lowest BCUT2D eigenvalue weighted by Crippen LogP contribution is -2.40. The summed E-state index contributed by atoms with van der Waals surface area (Å²) in [5.41, 5.74) is 0.959. The van der Waals surface area contributed by atoms with Gasteiger partial charge in [-0.05, 0) is 42.9 Å². The molecule has 0 N–H and O–H groups in total. The molecule has 29 heavy (non-hydrogen) atoms. The van der Waals surface area contributed by atoms with Crippen LogP contribution in [-0.2, 0) is 11.3 Å². The van der Waals surface area contributed by atoms with E-state index in [9.17, 15) is 13.6 Å². The molecule has 1 saturated heterocycles. The Hall–Kier alpha value is -2.83. The third-order valence-electron chi connectivity index (χ3n) is 4.81. The summed E-state index contributed by atoms with van der Waals surface area (Å²) in [5, 5.41) is 0. The Labute approximate surface area is 169 Å². The first-order chi connectivity index (χ1) is 14.1. The molecule has 1 amide bonds. The van der Waals surface area contributed by atoms with Crippen molar-refractivity contribution in [1.29, 1.82) is 0 Å². The number of ether oxygens (including phenoxy) is 3. The molecule has 3 rings (SSSR count). The van der Waals surface area contributed by atoms with E-state index in [-0.39, 0.29) is 18.4 Å².